The van der Waals surface area contributed by atoms with Gasteiger partial charge in [0.1, 0.15) is 6.54 Å². The SMILES string of the molecule is COC(=O)Cn1c(=NC(=O)c2cccc(NS(=O)(=O)c3ccccc3)c2)sc2cc(C)ccc21. The smallest absolute Gasteiger partial charge is 0.325 e. The molecule has 1 N–H and O–H groups in total. The third-order valence-electron chi connectivity index (χ3n) is 4.97. The molecule has 0 saturated heterocycles. The first-order valence-electron chi connectivity index (χ1n) is 10.2. The molecule has 0 fully saturated rings. The number of aryl methyl sites for hydroxylation is 1. The van der Waals surface area contributed by atoms with Gasteiger partial charge in [-0.3, -0.25) is 14.3 Å². The fourth-order valence-corrected chi connectivity index (χ4v) is 5.49. The van der Waals surface area contributed by atoms with E-state index in [-0.39, 0.29) is 22.7 Å². The molecular formula is C24H21N3O5S2. The number of carbonyl (C=O) groups is 2. The Morgan fingerprint density at radius 2 is 1.79 bits per heavy atom. The van der Waals surface area contributed by atoms with Crippen LogP contribution in [0.25, 0.3) is 10.2 Å². The van der Waals surface area contributed by atoms with Crippen LogP contribution in [0.4, 0.5) is 5.69 Å². The molecule has 1 heterocycles. The normalized spacial score (nSPS) is 12.0. The molecule has 1 amide bonds. The Morgan fingerprint density at radius 1 is 1.03 bits per heavy atom. The van der Waals surface area contributed by atoms with E-state index in [2.05, 4.69) is 9.71 Å². The van der Waals surface area contributed by atoms with Crippen LogP contribution in [0.3, 0.4) is 0 Å². The molecule has 174 valence electrons. The lowest BCUT2D eigenvalue weighted by atomic mass is 10.2. The van der Waals surface area contributed by atoms with E-state index in [1.807, 2.05) is 25.1 Å². The van der Waals surface area contributed by atoms with E-state index >= 15 is 0 Å². The number of hydrogen-bond donors (Lipinski definition) is 1. The Bertz CT molecular complexity index is 1550. The number of esters is 1. The molecule has 0 bridgehead atoms. The summed E-state index contributed by atoms with van der Waals surface area (Å²) in [5.74, 6) is -1.03. The monoisotopic (exact) mass is 495 g/mol. The van der Waals surface area contributed by atoms with Crippen molar-refractivity contribution in [3.05, 3.63) is 88.7 Å². The lowest BCUT2D eigenvalue weighted by molar-refractivity contribution is -0.141. The number of benzene rings is 3. The minimum Gasteiger partial charge on any atom is -0.468 e. The second kappa shape index (κ2) is 9.62. The van der Waals surface area contributed by atoms with Crippen LogP contribution in [0, 0.1) is 6.92 Å². The Kier molecular flexibility index (Phi) is 6.62. The van der Waals surface area contributed by atoms with Crippen LogP contribution in [0.5, 0.6) is 0 Å². The highest BCUT2D eigenvalue weighted by atomic mass is 32.2. The quantitative estimate of drug-likeness (QED) is 0.410. The van der Waals surface area contributed by atoms with Gasteiger partial charge < -0.3 is 9.30 Å². The average Bonchev–Trinajstić information content (AvgIpc) is 3.15. The number of ether oxygens (including phenoxy) is 1. The average molecular weight is 496 g/mol. The summed E-state index contributed by atoms with van der Waals surface area (Å²) in [4.78, 5) is 29.6. The van der Waals surface area contributed by atoms with Crippen LogP contribution < -0.4 is 9.52 Å². The molecule has 0 radical (unpaired) electrons. The van der Waals surface area contributed by atoms with Crippen molar-refractivity contribution in [3.8, 4) is 0 Å². The Labute approximate surface area is 200 Å². The van der Waals surface area contributed by atoms with Crippen LogP contribution in [-0.2, 0) is 26.1 Å². The second-order valence-electron chi connectivity index (χ2n) is 7.43. The Hall–Kier alpha value is -3.76. The van der Waals surface area contributed by atoms with Crippen LogP contribution in [0.1, 0.15) is 15.9 Å². The fraction of sp³-hybridized carbons (Fsp3) is 0.125. The topological polar surface area (TPSA) is 107 Å². The summed E-state index contributed by atoms with van der Waals surface area (Å²) in [5.41, 5.74) is 2.23. The number of amides is 1. The first kappa shape index (κ1) is 23.4. The lowest BCUT2D eigenvalue weighted by Crippen LogP contribution is -2.22. The molecule has 4 rings (SSSR count). The van der Waals surface area contributed by atoms with Crippen molar-refractivity contribution in [1.82, 2.24) is 4.57 Å². The van der Waals surface area contributed by atoms with Gasteiger partial charge in [-0.15, -0.1) is 0 Å². The van der Waals surface area contributed by atoms with Gasteiger partial charge in [0.25, 0.3) is 15.9 Å². The van der Waals surface area contributed by atoms with Crippen molar-refractivity contribution in [1.29, 1.82) is 0 Å². The summed E-state index contributed by atoms with van der Waals surface area (Å²) in [6.07, 6.45) is 0. The molecule has 3 aromatic carbocycles. The number of aromatic nitrogens is 1. The first-order valence-corrected chi connectivity index (χ1v) is 12.5. The molecule has 0 atom stereocenters. The number of carbonyl (C=O) groups excluding carboxylic acids is 2. The van der Waals surface area contributed by atoms with Crippen LogP contribution in [0.15, 0.2) is 82.7 Å². The van der Waals surface area contributed by atoms with E-state index in [0.717, 1.165) is 15.8 Å². The molecule has 10 heteroatoms. The fourth-order valence-electron chi connectivity index (χ4n) is 3.29. The summed E-state index contributed by atoms with van der Waals surface area (Å²) in [7, 11) is -2.51. The van der Waals surface area contributed by atoms with Gasteiger partial charge in [0, 0.05) is 11.3 Å². The first-order chi connectivity index (χ1) is 16.3. The van der Waals surface area contributed by atoms with Crippen molar-refractivity contribution in [2.45, 2.75) is 18.4 Å². The summed E-state index contributed by atoms with van der Waals surface area (Å²) in [6, 6.07) is 19.8. The van der Waals surface area contributed by atoms with E-state index in [1.54, 1.807) is 41.0 Å². The molecule has 8 nitrogen and oxygen atoms in total. The van der Waals surface area contributed by atoms with Gasteiger partial charge in [0.2, 0.25) is 0 Å². The van der Waals surface area contributed by atoms with E-state index in [1.165, 1.54) is 36.6 Å². The minimum absolute atomic E-state index is 0.0947. The highest BCUT2D eigenvalue weighted by Gasteiger charge is 2.16. The van der Waals surface area contributed by atoms with E-state index in [4.69, 9.17) is 4.74 Å². The summed E-state index contributed by atoms with van der Waals surface area (Å²) >= 11 is 1.28. The van der Waals surface area contributed by atoms with Gasteiger partial charge in [-0.2, -0.15) is 4.99 Å². The molecule has 4 aromatic rings. The highest BCUT2D eigenvalue weighted by molar-refractivity contribution is 7.92. The number of thiazole rings is 1. The zero-order chi connectivity index (χ0) is 24.3. The van der Waals surface area contributed by atoms with Gasteiger partial charge in [-0.25, -0.2) is 8.42 Å². The molecule has 34 heavy (non-hydrogen) atoms. The van der Waals surface area contributed by atoms with E-state index in [0.29, 0.717) is 4.80 Å². The molecule has 0 spiro atoms. The number of fused-ring (bicyclic) bond motifs is 1. The van der Waals surface area contributed by atoms with Gasteiger partial charge in [0.15, 0.2) is 4.80 Å². The lowest BCUT2D eigenvalue weighted by Gasteiger charge is -2.08. The van der Waals surface area contributed by atoms with Crippen molar-refractivity contribution < 1.29 is 22.7 Å². The van der Waals surface area contributed by atoms with Crippen molar-refractivity contribution in [2.75, 3.05) is 11.8 Å². The molecule has 0 aliphatic rings. The number of methoxy groups -OCH3 is 1. The summed E-state index contributed by atoms with van der Waals surface area (Å²) < 4.78 is 35.0. The molecule has 0 aliphatic heterocycles. The summed E-state index contributed by atoms with van der Waals surface area (Å²) in [6.45, 7) is 1.86. The third-order valence-corrected chi connectivity index (χ3v) is 7.40. The predicted octanol–water partition coefficient (Wildman–Crippen LogP) is 3.73. The largest absolute Gasteiger partial charge is 0.468 e. The number of rotatable bonds is 6. The number of anilines is 1. The maximum atomic E-state index is 13.0. The minimum atomic E-state index is -3.80. The summed E-state index contributed by atoms with van der Waals surface area (Å²) in [5, 5.41) is 0. The standard InChI is InChI=1S/C24H21N3O5S2/c1-16-11-12-20-21(13-16)33-24(27(20)15-22(28)32-2)25-23(29)17-7-6-8-18(14-17)26-34(30,31)19-9-4-3-5-10-19/h3-14,26H,15H2,1-2H3. The molecule has 0 unspecified atom stereocenters. The molecule has 0 saturated carbocycles. The van der Waals surface area contributed by atoms with E-state index in [9.17, 15) is 18.0 Å². The van der Waals surface area contributed by atoms with Crippen LogP contribution >= 0.6 is 11.3 Å². The zero-order valence-electron chi connectivity index (χ0n) is 18.4. The Balaban J connectivity index is 1.70. The van der Waals surface area contributed by atoms with Crippen LogP contribution in [0.2, 0.25) is 0 Å². The Morgan fingerprint density at radius 3 is 2.53 bits per heavy atom. The van der Waals surface area contributed by atoms with Crippen molar-refractivity contribution in [2.24, 2.45) is 4.99 Å². The second-order valence-corrected chi connectivity index (χ2v) is 10.1. The maximum absolute atomic E-state index is 13.0. The number of nitrogens with one attached hydrogen (secondary N) is 1. The maximum Gasteiger partial charge on any atom is 0.325 e. The molecular weight excluding hydrogens is 474 g/mol. The molecule has 0 aliphatic carbocycles. The number of nitrogens with zero attached hydrogens (tertiary/aromatic N) is 2. The third kappa shape index (κ3) is 5.08. The number of hydrogen-bond acceptors (Lipinski definition) is 6. The zero-order valence-corrected chi connectivity index (χ0v) is 20.0. The van der Waals surface area contributed by atoms with Crippen LogP contribution in [-0.4, -0.2) is 32.0 Å². The highest BCUT2D eigenvalue weighted by Crippen LogP contribution is 2.20. The van der Waals surface area contributed by atoms with Gasteiger partial charge in [0.05, 0.1) is 22.2 Å². The van der Waals surface area contributed by atoms with Gasteiger partial charge in [-0.05, 0) is 55.0 Å². The van der Waals surface area contributed by atoms with Gasteiger partial charge in [-0.1, -0.05) is 41.7 Å². The van der Waals surface area contributed by atoms with Crippen molar-refractivity contribution >= 4 is 49.1 Å². The van der Waals surface area contributed by atoms with Gasteiger partial charge >= 0.3 is 5.97 Å². The van der Waals surface area contributed by atoms with Crippen molar-refractivity contribution in [3.63, 3.8) is 0 Å². The predicted molar refractivity (Wildman–Crippen MR) is 130 cm³/mol. The number of sulfonamides is 1. The molecule has 1 aromatic heterocycles. The van der Waals surface area contributed by atoms with E-state index < -0.39 is 21.9 Å².